The van der Waals surface area contributed by atoms with E-state index in [9.17, 15) is 10.1 Å². The van der Waals surface area contributed by atoms with E-state index in [0.29, 0.717) is 6.54 Å². The summed E-state index contributed by atoms with van der Waals surface area (Å²) in [7, 11) is 5.76. The monoisotopic (exact) mass is 223 g/mol. The Hall–Kier alpha value is -1.08. The van der Waals surface area contributed by atoms with E-state index in [2.05, 4.69) is 6.07 Å². The molecule has 0 aromatic carbocycles. The van der Waals surface area contributed by atoms with Crippen LogP contribution in [0, 0.1) is 16.7 Å². The highest BCUT2D eigenvalue weighted by Crippen LogP contribution is 2.38. The summed E-state index contributed by atoms with van der Waals surface area (Å²) >= 11 is 0. The largest absolute Gasteiger partial charge is 0.343 e. The fraction of sp³-hybridized carbons (Fsp3) is 0.833. The molecule has 0 spiro atoms. The van der Waals surface area contributed by atoms with Crippen LogP contribution in [0.2, 0.25) is 0 Å². The molecule has 1 aliphatic rings. The number of carbonyl (C=O) groups excluding carboxylic acids is 1. The van der Waals surface area contributed by atoms with Gasteiger partial charge in [-0.15, -0.1) is 0 Å². The van der Waals surface area contributed by atoms with Gasteiger partial charge < -0.3 is 9.80 Å². The molecule has 0 aliphatic heterocycles. The summed E-state index contributed by atoms with van der Waals surface area (Å²) < 4.78 is 0. The van der Waals surface area contributed by atoms with Crippen LogP contribution in [0.15, 0.2) is 0 Å². The number of amides is 1. The molecule has 0 radical (unpaired) electrons. The molecule has 0 N–H and O–H groups in total. The highest BCUT2D eigenvalue weighted by Gasteiger charge is 2.42. The lowest BCUT2D eigenvalue weighted by molar-refractivity contribution is -0.137. The molecule has 16 heavy (non-hydrogen) atoms. The van der Waals surface area contributed by atoms with E-state index in [1.807, 2.05) is 19.0 Å². The van der Waals surface area contributed by atoms with Gasteiger partial charge >= 0.3 is 0 Å². The Kier molecular flexibility index (Phi) is 4.31. The van der Waals surface area contributed by atoms with Gasteiger partial charge in [0, 0.05) is 20.1 Å². The van der Waals surface area contributed by atoms with Crippen LogP contribution >= 0.6 is 0 Å². The second-order valence-corrected chi connectivity index (χ2v) is 4.93. The van der Waals surface area contributed by atoms with Crippen molar-refractivity contribution in [1.29, 1.82) is 5.26 Å². The molecule has 0 atom stereocenters. The molecular weight excluding hydrogens is 202 g/mol. The molecule has 4 nitrogen and oxygen atoms in total. The van der Waals surface area contributed by atoms with Crippen molar-refractivity contribution in [3.05, 3.63) is 0 Å². The lowest BCUT2D eigenvalue weighted by atomic mass is 9.86. The normalized spacial score (nSPS) is 18.4. The van der Waals surface area contributed by atoms with Gasteiger partial charge in [0.15, 0.2) is 0 Å². The Morgan fingerprint density at radius 2 is 1.81 bits per heavy atom. The van der Waals surface area contributed by atoms with Gasteiger partial charge in [-0.3, -0.25) is 4.79 Å². The van der Waals surface area contributed by atoms with Gasteiger partial charge in [0.05, 0.1) is 6.07 Å². The molecule has 1 aliphatic carbocycles. The molecule has 1 rings (SSSR count). The maximum atomic E-state index is 12.2. The Balaban J connectivity index is 2.59. The maximum Gasteiger partial charge on any atom is 0.242 e. The van der Waals surface area contributed by atoms with Gasteiger partial charge in [0.25, 0.3) is 0 Å². The zero-order chi connectivity index (χ0) is 12.2. The third-order valence-electron chi connectivity index (χ3n) is 3.31. The number of hydrogen-bond donors (Lipinski definition) is 0. The SMILES string of the molecule is CN(C)CCN(C)C(=O)C1(C#N)CCCC1. The van der Waals surface area contributed by atoms with E-state index < -0.39 is 5.41 Å². The Morgan fingerprint density at radius 3 is 2.25 bits per heavy atom. The molecule has 0 heterocycles. The number of nitrogens with zero attached hydrogens (tertiary/aromatic N) is 3. The molecule has 0 aromatic rings. The van der Waals surface area contributed by atoms with Gasteiger partial charge in [0.2, 0.25) is 5.91 Å². The first-order valence-electron chi connectivity index (χ1n) is 5.83. The van der Waals surface area contributed by atoms with Crippen LogP contribution in [-0.2, 0) is 4.79 Å². The Bertz CT molecular complexity index is 287. The topological polar surface area (TPSA) is 47.3 Å². The first-order chi connectivity index (χ1) is 7.52. The molecule has 0 bridgehead atoms. The summed E-state index contributed by atoms with van der Waals surface area (Å²) in [5.74, 6) is 0.00866. The summed E-state index contributed by atoms with van der Waals surface area (Å²) in [5, 5.41) is 9.21. The predicted octanol–water partition coefficient (Wildman–Crippen LogP) is 1.09. The second kappa shape index (κ2) is 5.31. The number of likely N-dealkylation sites (N-methyl/N-ethyl adjacent to an activating group) is 2. The zero-order valence-corrected chi connectivity index (χ0v) is 10.5. The molecule has 1 saturated carbocycles. The van der Waals surface area contributed by atoms with Crippen molar-refractivity contribution in [2.45, 2.75) is 25.7 Å². The van der Waals surface area contributed by atoms with Crippen molar-refractivity contribution in [3.8, 4) is 6.07 Å². The van der Waals surface area contributed by atoms with Crippen molar-refractivity contribution in [2.24, 2.45) is 5.41 Å². The molecule has 0 aromatic heterocycles. The third kappa shape index (κ3) is 2.73. The molecule has 4 heteroatoms. The van der Waals surface area contributed by atoms with Crippen LogP contribution in [-0.4, -0.2) is 49.9 Å². The van der Waals surface area contributed by atoms with E-state index in [-0.39, 0.29) is 5.91 Å². The van der Waals surface area contributed by atoms with E-state index in [4.69, 9.17) is 0 Å². The minimum atomic E-state index is -0.721. The molecule has 90 valence electrons. The number of carbonyl (C=O) groups is 1. The van der Waals surface area contributed by atoms with E-state index in [1.165, 1.54) is 0 Å². The minimum Gasteiger partial charge on any atom is -0.343 e. The number of rotatable bonds is 4. The van der Waals surface area contributed by atoms with E-state index in [0.717, 1.165) is 32.2 Å². The Labute approximate surface area is 97.8 Å². The van der Waals surface area contributed by atoms with Crippen molar-refractivity contribution in [3.63, 3.8) is 0 Å². The first-order valence-corrected chi connectivity index (χ1v) is 5.83. The number of hydrogen-bond acceptors (Lipinski definition) is 3. The van der Waals surface area contributed by atoms with Gasteiger partial charge in [-0.1, -0.05) is 12.8 Å². The van der Waals surface area contributed by atoms with Crippen LogP contribution in [0.3, 0.4) is 0 Å². The lowest BCUT2D eigenvalue weighted by Gasteiger charge is -2.27. The highest BCUT2D eigenvalue weighted by atomic mass is 16.2. The van der Waals surface area contributed by atoms with Crippen molar-refractivity contribution in [1.82, 2.24) is 9.80 Å². The zero-order valence-electron chi connectivity index (χ0n) is 10.5. The van der Waals surface area contributed by atoms with Crippen molar-refractivity contribution >= 4 is 5.91 Å². The van der Waals surface area contributed by atoms with Crippen LogP contribution in [0.25, 0.3) is 0 Å². The van der Waals surface area contributed by atoms with E-state index >= 15 is 0 Å². The summed E-state index contributed by atoms with van der Waals surface area (Å²) in [4.78, 5) is 15.9. The standard InChI is InChI=1S/C12H21N3O/c1-14(2)8-9-15(3)11(16)12(10-13)6-4-5-7-12/h4-9H2,1-3H3. The minimum absolute atomic E-state index is 0.00866. The fourth-order valence-corrected chi connectivity index (χ4v) is 2.17. The summed E-state index contributed by atoms with van der Waals surface area (Å²) in [5.41, 5.74) is -0.721. The van der Waals surface area contributed by atoms with Crippen molar-refractivity contribution in [2.75, 3.05) is 34.2 Å². The average Bonchev–Trinajstić information content (AvgIpc) is 2.74. The van der Waals surface area contributed by atoms with Gasteiger partial charge in [-0.2, -0.15) is 5.26 Å². The first kappa shape index (κ1) is 13.0. The van der Waals surface area contributed by atoms with Gasteiger partial charge in [0.1, 0.15) is 5.41 Å². The predicted molar refractivity (Wildman–Crippen MR) is 62.7 cm³/mol. The lowest BCUT2D eigenvalue weighted by Crippen LogP contribution is -2.42. The third-order valence-corrected chi connectivity index (χ3v) is 3.31. The summed E-state index contributed by atoms with van der Waals surface area (Å²) in [6.45, 7) is 1.53. The quantitative estimate of drug-likeness (QED) is 0.717. The highest BCUT2D eigenvalue weighted by molar-refractivity contribution is 5.85. The molecule has 0 saturated heterocycles. The number of nitriles is 1. The molecule has 1 amide bonds. The summed E-state index contributed by atoms with van der Waals surface area (Å²) in [6.07, 6.45) is 3.46. The molecule has 1 fully saturated rings. The van der Waals surface area contributed by atoms with Crippen LogP contribution in [0.4, 0.5) is 0 Å². The van der Waals surface area contributed by atoms with Crippen LogP contribution in [0.1, 0.15) is 25.7 Å². The fourth-order valence-electron chi connectivity index (χ4n) is 2.17. The summed E-state index contributed by atoms with van der Waals surface area (Å²) in [6, 6.07) is 2.24. The molecular formula is C12H21N3O. The van der Waals surface area contributed by atoms with Gasteiger partial charge in [-0.25, -0.2) is 0 Å². The Morgan fingerprint density at radius 1 is 1.25 bits per heavy atom. The van der Waals surface area contributed by atoms with Crippen LogP contribution in [0.5, 0.6) is 0 Å². The molecule has 0 unspecified atom stereocenters. The van der Waals surface area contributed by atoms with Gasteiger partial charge in [-0.05, 0) is 26.9 Å². The van der Waals surface area contributed by atoms with E-state index in [1.54, 1.807) is 11.9 Å². The second-order valence-electron chi connectivity index (χ2n) is 4.93. The maximum absolute atomic E-state index is 12.2. The smallest absolute Gasteiger partial charge is 0.242 e. The average molecular weight is 223 g/mol. The van der Waals surface area contributed by atoms with Crippen molar-refractivity contribution < 1.29 is 4.79 Å². The van der Waals surface area contributed by atoms with Crippen LogP contribution < -0.4 is 0 Å².